The summed E-state index contributed by atoms with van der Waals surface area (Å²) in [6.45, 7) is 1.43. The van der Waals surface area contributed by atoms with E-state index < -0.39 is 5.97 Å². The molecule has 1 atom stereocenters. The van der Waals surface area contributed by atoms with Crippen LogP contribution in [0.1, 0.15) is 53.2 Å². The maximum atomic E-state index is 13.4. The molecule has 1 aliphatic heterocycles. The molecule has 0 saturated carbocycles. The molecule has 1 aromatic heterocycles. The number of carboxylic acid groups (broad SMARTS) is 1. The van der Waals surface area contributed by atoms with Crippen LogP contribution in [0.3, 0.4) is 0 Å². The second-order valence-electron chi connectivity index (χ2n) is 9.48. The monoisotopic (exact) mass is 513 g/mol. The maximum Gasteiger partial charge on any atom is 0.303 e. The Bertz CT molecular complexity index is 1420. The molecule has 0 bridgehead atoms. The molecule has 7 heteroatoms. The molecule has 6 nitrogen and oxygen atoms in total. The fourth-order valence-corrected chi connectivity index (χ4v) is 5.06. The highest BCUT2D eigenvalue weighted by Crippen LogP contribution is 2.30. The smallest absolute Gasteiger partial charge is 0.303 e. The van der Waals surface area contributed by atoms with Crippen molar-refractivity contribution in [2.45, 2.75) is 38.0 Å². The number of amides is 1. The molecule has 4 aromatic rings. The number of unbranched alkanes of at least 4 members (excludes halogenated alkanes) is 1. The number of aryl methyl sites for hydroxylation is 1. The van der Waals surface area contributed by atoms with Crippen molar-refractivity contribution < 1.29 is 14.7 Å². The number of benzene rings is 3. The number of likely N-dealkylation sites (tertiary alicyclic amines) is 1. The van der Waals surface area contributed by atoms with Crippen LogP contribution in [0.25, 0.3) is 22.3 Å². The zero-order chi connectivity index (χ0) is 25.8. The Morgan fingerprint density at radius 1 is 0.946 bits per heavy atom. The van der Waals surface area contributed by atoms with Crippen molar-refractivity contribution in [3.63, 3.8) is 0 Å². The van der Waals surface area contributed by atoms with Crippen LogP contribution >= 0.6 is 11.6 Å². The summed E-state index contributed by atoms with van der Waals surface area (Å²) in [5, 5.41) is 9.63. The van der Waals surface area contributed by atoms with Crippen molar-refractivity contribution in [3.8, 4) is 11.3 Å². The molecule has 1 N–H and O–H groups in total. The van der Waals surface area contributed by atoms with Gasteiger partial charge in [0.05, 0.1) is 22.4 Å². The van der Waals surface area contributed by atoms with Crippen molar-refractivity contribution in [1.82, 2.24) is 14.9 Å². The van der Waals surface area contributed by atoms with Gasteiger partial charge in [0.15, 0.2) is 0 Å². The summed E-state index contributed by atoms with van der Waals surface area (Å²) < 4.78 is 0. The SMILES string of the molecule is O=C(O)CCCCc1nc2cc(C(=O)N3CC[C@H](c4ccccc4)C3)ccc2nc1-c1ccc(Cl)cc1. The molecule has 0 aliphatic carbocycles. The largest absolute Gasteiger partial charge is 0.481 e. The average Bonchev–Trinajstić information content (AvgIpc) is 3.41. The van der Waals surface area contributed by atoms with Gasteiger partial charge in [-0.15, -0.1) is 0 Å². The van der Waals surface area contributed by atoms with Gasteiger partial charge in [0.2, 0.25) is 0 Å². The van der Waals surface area contributed by atoms with Crippen molar-refractivity contribution >= 4 is 34.5 Å². The van der Waals surface area contributed by atoms with Gasteiger partial charge in [-0.05, 0) is 61.6 Å². The first kappa shape index (κ1) is 24.9. The van der Waals surface area contributed by atoms with Gasteiger partial charge in [-0.3, -0.25) is 9.59 Å². The minimum atomic E-state index is -0.804. The van der Waals surface area contributed by atoms with E-state index in [-0.39, 0.29) is 12.3 Å². The second kappa shape index (κ2) is 11.1. The Morgan fingerprint density at radius 2 is 1.73 bits per heavy atom. The van der Waals surface area contributed by atoms with E-state index in [2.05, 4.69) is 12.1 Å². The molecule has 1 aliphatic rings. The van der Waals surface area contributed by atoms with Crippen LogP contribution in [-0.2, 0) is 11.2 Å². The first-order chi connectivity index (χ1) is 18.0. The molecule has 5 rings (SSSR count). The number of carboxylic acids is 1. The van der Waals surface area contributed by atoms with E-state index in [1.807, 2.05) is 65.6 Å². The third kappa shape index (κ3) is 5.81. The molecule has 2 heterocycles. The van der Waals surface area contributed by atoms with Gasteiger partial charge in [0.25, 0.3) is 5.91 Å². The number of halogens is 1. The third-order valence-electron chi connectivity index (χ3n) is 6.90. The molecule has 0 unspecified atom stereocenters. The molecule has 1 amide bonds. The molecular weight excluding hydrogens is 486 g/mol. The Morgan fingerprint density at radius 3 is 2.49 bits per heavy atom. The van der Waals surface area contributed by atoms with Gasteiger partial charge in [0.1, 0.15) is 0 Å². The fraction of sp³-hybridized carbons (Fsp3) is 0.267. The summed E-state index contributed by atoms with van der Waals surface area (Å²) >= 11 is 6.08. The van der Waals surface area contributed by atoms with Crippen LogP contribution in [0.15, 0.2) is 72.8 Å². The van der Waals surface area contributed by atoms with Crippen LogP contribution in [-0.4, -0.2) is 44.9 Å². The van der Waals surface area contributed by atoms with E-state index in [0.717, 1.165) is 29.9 Å². The molecule has 1 fully saturated rings. The average molecular weight is 514 g/mol. The summed E-state index contributed by atoms with van der Waals surface area (Å²) in [7, 11) is 0. The summed E-state index contributed by atoms with van der Waals surface area (Å²) in [6.07, 6.45) is 2.91. The zero-order valence-electron chi connectivity index (χ0n) is 20.4. The minimum Gasteiger partial charge on any atom is -0.481 e. The number of rotatable bonds is 8. The van der Waals surface area contributed by atoms with Crippen molar-refractivity contribution in [1.29, 1.82) is 0 Å². The lowest BCUT2D eigenvalue weighted by Gasteiger charge is -2.17. The highest BCUT2D eigenvalue weighted by atomic mass is 35.5. The van der Waals surface area contributed by atoms with Crippen LogP contribution in [0.5, 0.6) is 0 Å². The van der Waals surface area contributed by atoms with E-state index in [4.69, 9.17) is 26.7 Å². The van der Waals surface area contributed by atoms with Crippen LogP contribution in [0.4, 0.5) is 0 Å². The Kier molecular flexibility index (Phi) is 7.47. The molecule has 37 heavy (non-hydrogen) atoms. The van der Waals surface area contributed by atoms with Crippen LogP contribution in [0.2, 0.25) is 5.02 Å². The molecule has 1 saturated heterocycles. The van der Waals surface area contributed by atoms with Gasteiger partial charge in [-0.2, -0.15) is 0 Å². The summed E-state index contributed by atoms with van der Waals surface area (Å²) in [5.41, 5.74) is 5.68. The number of nitrogens with zero attached hydrogens (tertiary/aromatic N) is 3. The van der Waals surface area contributed by atoms with Crippen LogP contribution < -0.4 is 0 Å². The number of aromatic nitrogens is 2. The molecule has 0 radical (unpaired) electrons. The highest BCUT2D eigenvalue weighted by Gasteiger charge is 2.28. The number of fused-ring (bicyclic) bond motifs is 1. The predicted octanol–water partition coefficient (Wildman–Crippen LogP) is 6.38. The predicted molar refractivity (Wildman–Crippen MR) is 145 cm³/mol. The van der Waals surface area contributed by atoms with E-state index in [1.54, 1.807) is 0 Å². The van der Waals surface area contributed by atoms with E-state index in [1.165, 1.54) is 5.56 Å². The molecule has 0 spiro atoms. The lowest BCUT2D eigenvalue weighted by molar-refractivity contribution is -0.137. The Hall–Kier alpha value is -3.77. The standard InChI is InChI=1S/C30H28ClN3O3/c31-24-13-10-21(11-14-24)29-26(8-4-5-9-28(35)36)32-27-18-22(12-15-25(27)33-29)30(37)34-17-16-23(19-34)20-6-2-1-3-7-20/h1-3,6-7,10-15,18,23H,4-5,8-9,16-17,19H2,(H,35,36)/t23-/m0/s1. The van der Waals surface area contributed by atoms with Crippen molar-refractivity contribution in [3.05, 3.63) is 94.6 Å². The normalized spacial score (nSPS) is 15.3. The summed E-state index contributed by atoms with van der Waals surface area (Å²) in [4.78, 5) is 36.0. The van der Waals surface area contributed by atoms with Crippen LogP contribution in [0, 0.1) is 0 Å². The fourth-order valence-electron chi connectivity index (χ4n) is 4.93. The van der Waals surface area contributed by atoms with Crippen molar-refractivity contribution in [2.24, 2.45) is 0 Å². The van der Waals surface area contributed by atoms with Gasteiger partial charge < -0.3 is 10.0 Å². The van der Waals surface area contributed by atoms with Gasteiger partial charge >= 0.3 is 5.97 Å². The second-order valence-corrected chi connectivity index (χ2v) is 9.91. The van der Waals surface area contributed by atoms with E-state index in [9.17, 15) is 9.59 Å². The van der Waals surface area contributed by atoms with Gasteiger partial charge in [0, 0.05) is 41.6 Å². The first-order valence-electron chi connectivity index (χ1n) is 12.6. The third-order valence-corrected chi connectivity index (χ3v) is 7.15. The van der Waals surface area contributed by atoms with E-state index >= 15 is 0 Å². The lowest BCUT2D eigenvalue weighted by Crippen LogP contribution is -2.28. The number of carbonyl (C=O) groups excluding carboxylic acids is 1. The summed E-state index contributed by atoms with van der Waals surface area (Å²) in [6, 6.07) is 23.3. The number of hydrogen-bond donors (Lipinski definition) is 1. The quantitative estimate of drug-likeness (QED) is 0.276. The van der Waals surface area contributed by atoms with Gasteiger partial charge in [-0.25, -0.2) is 9.97 Å². The molecule has 3 aromatic carbocycles. The number of hydrogen-bond acceptors (Lipinski definition) is 4. The lowest BCUT2D eigenvalue weighted by atomic mass is 9.99. The van der Waals surface area contributed by atoms with Gasteiger partial charge in [-0.1, -0.05) is 54.1 Å². The summed E-state index contributed by atoms with van der Waals surface area (Å²) in [5.74, 6) is -0.446. The molecule has 188 valence electrons. The maximum absolute atomic E-state index is 13.4. The minimum absolute atomic E-state index is 0.00640. The Balaban J connectivity index is 1.41. The molecular formula is C30H28ClN3O3. The Labute approximate surface area is 220 Å². The zero-order valence-corrected chi connectivity index (χ0v) is 21.2. The highest BCUT2D eigenvalue weighted by molar-refractivity contribution is 6.30. The van der Waals surface area contributed by atoms with E-state index in [0.29, 0.717) is 53.3 Å². The topological polar surface area (TPSA) is 83.4 Å². The van der Waals surface area contributed by atoms with Crippen molar-refractivity contribution in [2.75, 3.05) is 13.1 Å². The number of aliphatic carboxylic acids is 1. The first-order valence-corrected chi connectivity index (χ1v) is 13.0. The number of carbonyl (C=O) groups is 2.